The number of aromatic nitrogens is 1. The molecule has 1 amide bonds. The predicted octanol–water partition coefficient (Wildman–Crippen LogP) is 4.26. The molecule has 0 fully saturated rings. The van der Waals surface area contributed by atoms with E-state index in [2.05, 4.69) is 5.16 Å². The normalized spacial score (nSPS) is 17.4. The van der Waals surface area contributed by atoms with Crippen molar-refractivity contribution >= 4 is 33.0 Å². The van der Waals surface area contributed by atoms with E-state index in [1.807, 2.05) is 6.07 Å². The van der Waals surface area contributed by atoms with Crippen molar-refractivity contribution in [3.8, 4) is 11.3 Å². The Bertz CT molecular complexity index is 1200. The van der Waals surface area contributed by atoms with Gasteiger partial charge >= 0.3 is 0 Å². The highest BCUT2D eigenvalue weighted by atomic mass is 35.5. The average Bonchev–Trinajstić information content (AvgIpc) is 3.25. The molecule has 1 aliphatic rings. The SMILES string of the molecule is Cc1onc(-c2ccccc2Cl)c1C(=O)N(c1ccccc1)C1C=CS(=O)(=O)C1. The second-order valence-electron chi connectivity index (χ2n) is 6.68. The Morgan fingerprint density at radius 2 is 1.83 bits per heavy atom. The van der Waals surface area contributed by atoms with E-state index in [1.54, 1.807) is 55.5 Å². The van der Waals surface area contributed by atoms with E-state index < -0.39 is 21.8 Å². The van der Waals surface area contributed by atoms with Gasteiger partial charge in [0.15, 0.2) is 9.84 Å². The molecule has 0 aliphatic carbocycles. The van der Waals surface area contributed by atoms with Crippen LogP contribution in [-0.4, -0.2) is 31.3 Å². The zero-order valence-corrected chi connectivity index (χ0v) is 17.0. The monoisotopic (exact) mass is 428 g/mol. The summed E-state index contributed by atoms with van der Waals surface area (Å²) in [6.45, 7) is 1.64. The number of carbonyl (C=O) groups excluding carboxylic acids is 1. The Morgan fingerprint density at radius 1 is 1.14 bits per heavy atom. The van der Waals surface area contributed by atoms with Gasteiger partial charge in [0.2, 0.25) is 0 Å². The number of hydrogen-bond donors (Lipinski definition) is 0. The maximum atomic E-state index is 13.7. The molecular weight excluding hydrogens is 412 g/mol. The molecule has 4 rings (SSSR count). The lowest BCUT2D eigenvalue weighted by Gasteiger charge is -2.27. The number of benzene rings is 2. The fourth-order valence-electron chi connectivity index (χ4n) is 3.35. The maximum absolute atomic E-state index is 13.7. The third kappa shape index (κ3) is 3.71. The van der Waals surface area contributed by atoms with E-state index in [0.717, 1.165) is 5.41 Å². The Balaban J connectivity index is 1.84. The van der Waals surface area contributed by atoms with Gasteiger partial charge in [-0.15, -0.1) is 0 Å². The van der Waals surface area contributed by atoms with E-state index in [4.69, 9.17) is 16.1 Å². The summed E-state index contributed by atoms with van der Waals surface area (Å²) in [5, 5.41) is 5.64. The number of anilines is 1. The summed E-state index contributed by atoms with van der Waals surface area (Å²) < 4.78 is 29.3. The Labute approximate surface area is 173 Å². The van der Waals surface area contributed by atoms with E-state index in [-0.39, 0.29) is 11.3 Å². The molecule has 1 atom stereocenters. The smallest absolute Gasteiger partial charge is 0.264 e. The van der Waals surface area contributed by atoms with Gasteiger partial charge < -0.3 is 9.42 Å². The molecule has 0 bridgehead atoms. The molecule has 0 spiro atoms. The molecule has 8 heteroatoms. The van der Waals surface area contributed by atoms with Crippen LogP contribution >= 0.6 is 11.6 Å². The molecule has 2 aromatic carbocycles. The van der Waals surface area contributed by atoms with Crippen LogP contribution in [0.1, 0.15) is 16.1 Å². The van der Waals surface area contributed by atoms with Gasteiger partial charge in [0, 0.05) is 16.7 Å². The highest BCUT2D eigenvalue weighted by molar-refractivity contribution is 7.94. The number of halogens is 1. The third-order valence-corrected chi connectivity index (χ3v) is 6.41. The molecule has 0 radical (unpaired) electrons. The molecule has 0 saturated heterocycles. The molecule has 3 aromatic rings. The largest absolute Gasteiger partial charge is 0.360 e. The van der Waals surface area contributed by atoms with E-state index >= 15 is 0 Å². The van der Waals surface area contributed by atoms with Crippen molar-refractivity contribution in [1.29, 1.82) is 0 Å². The molecule has 29 heavy (non-hydrogen) atoms. The first-order chi connectivity index (χ1) is 13.9. The highest BCUT2D eigenvalue weighted by Crippen LogP contribution is 2.34. The fraction of sp³-hybridized carbons (Fsp3) is 0.143. The first kappa shape index (κ1) is 19.4. The van der Waals surface area contributed by atoms with E-state index in [0.29, 0.717) is 27.7 Å². The third-order valence-electron chi connectivity index (χ3n) is 4.70. The zero-order valence-electron chi connectivity index (χ0n) is 15.4. The van der Waals surface area contributed by atoms with Crippen LogP contribution in [0.3, 0.4) is 0 Å². The van der Waals surface area contributed by atoms with Gasteiger partial charge in [0.05, 0.1) is 16.8 Å². The topological polar surface area (TPSA) is 80.5 Å². The van der Waals surface area contributed by atoms with E-state index in [1.165, 1.54) is 11.0 Å². The number of carbonyl (C=O) groups is 1. The number of sulfone groups is 1. The minimum atomic E-state index is -3.36. The van der Waals surface area contributed by atoms with Gasteiger partial charge in [0.1, 0.15) is 17.0 Å². The lowest BCUT2D eigenvalue weighted by atomic mass is 10.0. The molecular formula is C21H17ClN2O4S. The van der Waals surface area contributed by atoms with Crippen molar-refractivity contribution in [3.05, 3.63) is 82.4 Å². The average molecular weight is 429 g/mol. The second kappa shape index (κ2) is 7.50. The van der Waals surface area contributed by atoms with Crippen LogP contribution in [0.25, 0.3) is 11.3 Å². The van der Waals surface area contributed by atoms with Gasteiger partial charge in [0.25, 0.3) is 5.91 Å². The van der Waals surface area contributed by atoms with Crippen LogP contribution in [-0.2, 0) is 9.84 Å². The number of para-hydroxylation sites is 1. The van der Waals surface area contributed by atoms with Crippen LogP contribution in [0.5, 0.6) is 0 Å². The molecule has 0 N–H and O–H groups in total. The molecule has 1 aromatic heterocycles. The van der Waals surface area contributed by atoms with Crippen molar-refractivity contribution in [2.24, 2.45) is 0 Å². The van der Waals surface area contributed by atoms with Crippen LogP contribution in [0.15, 0.2) is 70.6 Å². The second-order valence-corrected chi connectivity index (χ2v) is 9.02. The Morgan fingerprint density at radius 3 is 2.48 bits per heavy atom. The van der Waals surface area contributed by atoms with Gasteiger partial charge in [-0.25, -0.2) is 8.42 Å². The maximum Gasteiger partial charge on any atom is 0.264 e. The van der Waals surface area contributed by atoms with Crippen molar-refractivity contribution in [2.45, 2.75) is 13.0 Å². The molecule has 1 aliphatic heterocycles. The first-order valence-corrected chi connectivity index (χ1v) is 11.0. The quantitative estimate of drug-likeness (QED) is 0.620. The van der Waals surface area contributed by atoms with Gasteiger partial charge in [-0.3, -0.25) is 4.79 Å². The van der Waals surface area contributed by atoms with Crippen molar-refractivity contribution in [3.63, 3.8) is 0 Å². The molecule has 1 unspecified atom stereocenters. The van der Waals surface area contributed by atoms with Crippen molar-refractivity contribution in [2.75, 3.05) is 10.7 Å². The summed E-state index contributed by atoms with van der Waals surface area (Å²) >= 11 is 6.31. The summed E-state index contributed by atoms with van der Waals surface area (Å²) in [6, 6.07) is 15.3. The molecule has 6 nitrogen and oxygen atoms in total. The minimum Gasteiger partial charge on any atom is -0.360 e. The standard InChI is InChI=1S/C21H17ClN2O4S/c1-14-19(20(23-28-14)17-9-5-6-10-18(17)22)21(25)24(15-7-3-2-4-8-15)16-11-12-29(26,27)13-16/h2-12,16H,13H2,1H3. The Kier molecular flexibility index (Phi) is 5.02. The zero-order chi connectivity index (χ0) is 20.6. The van der Waals surface area contributed by atoms with Crippen LogP contribution < -0.4 is 4.90 Å². The van der Waals surface area contributed by atoms with Crippen LogP contribution in [0.2, 0.25) is 5.02 Å². The summed E-state index contributed by atoms with van der Waals surface area (Å²) in [7, 11) is -3.36. The molecule has 148 valence electrons. The number of aryl methyl sites for hydroxylation is 1. The minimum absolute atomic E-state index is 0.181. The van der Waals surface area contributed by atoms with E-state index in [9.17, 15) is 13.2 Å². The van der Waals surface area contributed by atoms with Gasteiger partial charge in [-0.1, -0.05) is 53.2 Å². The number of rotatable bonds is 4. The molecule has 0 saturated carbocycles. The lowest BCUT2D eigenvalue weighted by molar-refractivity contribution is 0.0982. The lowest BCUT2D eigenvalue weighted by Crippen LogP contribution is -2.41. The van der Waals surface area contributed by atoms with Crippen LogP contribution in [0.4, 0.5) is 5.69 Å². The van der Waals surface area contributed by atoms with Gasteiger partial charge in [-0.2, -0.15) is 0 Å². The summed E-state index contributed by atoms with van der Waals surface area (Å²) in [5.74, 6) is -0.258. The molecule has 2 heterocycles. The highest BCUT2D eigenvalue weighted by Gasteiger charge is 2.35. The summed E-state index contributed by atoms with van der Waals surface area (Å²) in [5.41, 5.74) is 1.72. The van der Waals surface area contributed by atoms with Crippen LogP contribution in [0, 0.1) is 6.92 Å². The number of amides is 1. The Hall–Kier alpha value is -2.90. The fourth-order valence-corrected chi connectivity index (χ4v) is 4.84. The van der Waals surface area contributed by atoms with Crippen molar-refractivity contribution < 1.29 is 17.7 Å². The summed E-state index contributed by atoms with van der Waals surface area (Å²) in [4.78, 5) is 15.1. The first-order valence-electron chi connectivity index (χ1n) is 8.88. The summed E-state index contributed by atoms with van der Waals surface area (Å²) in [6.07, 6.45) is 1.53. The van der Waals surface area contributed by atoms with Gasteiger partial charge in [-0.05, 0) is 31.2 Å². The number of hydrogen-bond acceptors (Lipinski definition) is 5. The predicted molar refractivity (Wildman–Crippen MR) is 112 cm³/mol. The van der Waals surface area contributed by atoms with Crippen molar-refractivity contribution in [1.82, 2.24) is 5.16 Å². The number of nitrogens with zero attached hydrogens (tertiary/aromatic N) is 2.